The Kier molecular flexibility index (Phi) is 7.85. The summed E-state index contributed by atoms with van der Waals surface area (Å²) in [4.78, 5) is 0. The van der Waals surface area contributed by atoms with Gasteiger partial charge >= 0.3 is 15.6 Å². The summed E-state index contributed by atoms with van der Waals surface area (Å²) in [5, 5.41) is 0.562. The van der Waals surface area contributed by atoms with Gasteiger partial charge in [0.05, 0.1) is 0 Å². The Bertz CT molecular complexity index is 873. The van der Waals surface area contributed by atoms with Gasteiger partial charge in [0.2, 0.25) is 0 Å². The molecule has 0 aliphatic carbocycles. The zero-order chi connectivity index (χ0) is 20.8. The number of alkyl halides is 3. The van der Waals surface area contributed by atoms with E-state index in [1.165, 1.54) is 43.6 Å². The molecule has 0 amide bonds. The standard InChI is InChI=1S/C14H13F3O5S.C4H8S/c1-9(20-2)21-12-7-8-13(11-6-4-3-5-10(11)12)22-23(18,19)14(15,16)17;1-2-4-5-3-1/h3-9H,1-2H3;1-4H2/p+1. The number of methoxy groups -OCH3 is 1. The Hall–Kier alpha value is -1.65. The van der Waals surface area contributed by atoms with Crippen LogP contribution in [0.3, 0.4) is 0 Å². The van der Waals surface area contributed by atoms with E-state index in [2.05, 4.69) is 4.18 Å². The minimum atomic E-state index is -5.75. The van der Waals surface area contributed by atoms with Crippen molar-refractivity contribution in [1.82, 2.24) is 0 Å². The topological polar surface area (TPSA) is 61.8 Å². The van der Waals surface area contributed by atoms with Gasteiger partial charge in [0.15, 0.2) is 12.0 Å². The van der Waals surface area contributed by atoms with E-state index in [-0.39, 0.29) is 5.39 Å². The van der Waals surface area contributed by atoms with E-state index in [9.17, 15) is 21.6 Å². The van der Waals surface area contributed by atoms with Gasteiger partial charge in [-0.1, -0.05) is 24.3 Å². The molecule has 0 N–H and O–H groups in total. The highest BCUT2D eigenvalue weighted by Crippen LogP contribution is 2.36. The molecule has 28 heavy (non-hydrogen) atoms. The number of hydrogen-bond donors (Lipinski definition) is 0. The summed E-state index contributed by atoms with van der Waals surface area (Å²) in [6.45, 7) is 1.63. The van der Waals surface area contributed by atoms with Crippen LogP contribution in [0.4, 0.5) is 13.2 Å². The molecule has 2 aromatic rings. The van der Waals surface area contributed by atoms with Crippen LogP contribution < -0.4 is 8.92 Å². The Morgan fingerprint density at radius 2 is 1.54 bits per heavy atom. The van der Waals surface area contributed by atoms with E-state index in [1.54, 1.807) is 36.9 Å². The average Bonchev–Trinajstić information content (AvgIpc) is 3.22. The van der Waals surface area contributed by atoms with E-state index in [0.717, 1.165) is 6.07 Å². The maximum atomic E-state index is 12.5. The van der Waals surface area contributed by atoms with Gasteiger partial charge in [-0.2, -0.15) is 21.6 Å². The normalized spacial score (nSPS) is 15.6. The van der Waals surface area contributed by atoms with Crippen molar-refractivity contribution in [2.24, 2.45) is 0 Å². The van der Waals surface area contributed by atoms with Crippen LogP contribution in [0.1, 0.15) is 19.8 Å². The molecular formula is C18H22F3O5S2+. The van der Waals surface area contributed by atoms with Gasteiger partial charge in [-0.3, -0.25) is 0 Å². The summed E-state index contributed by atoms with van der Waals surface area (Å²) >= 11 is 1.69. The van der Waals surface area contributed by atoms with Crippen LogP contribution in [0.5, 0.6) is 11.5 Å². The third-order valence-corrected chi connectivity index (χ3v) is 6.07. The minimum absolute atomic E-state index is 0.168. The minimum Gasteiger partial charge on any atom is -0.465 e. The van der Waals surface area contributed by atoms with E-state index in [0.29, 0.717) is 11.1 Å². The molecule has 1 aliphatic heterocycles. The van der Waals surface area contributed by atoms with Crippen LogP contribution in [-0.2, 0) is 26.6 Å². The van der Waals surface area contributed by atoms with Crippen LogP contribution in [0, 0.1) is 0 Å². The number of rotatable bonds is 5. The lowest BCUT2D eigenvalue weighted by Gasteiger charge is -2.16. The summed E-state index contributed by atoms with van der Waals surface area (Å²) in [5.41, 5.74) is -5.51. The largest absolute Gasteiger partial charge is 0.534 e. The smallest absolute Gasteiger partial charge is 0.465 e. The van der Waals surface area contributed by atoms with E-state index >= 15 is 0 Å². The molecule has 10 heteroatoms. The van der Waals surface area contributed by atoms with Crippen LogP contribution in [0.2, 0.25) is 0 Å². The van der Waals surface area contributed by atoms with Crippen molar-refractivity contribution in [2.45, 2.75) is 31.6 Å². The lowest BCUT2D eigenvalue weighted by Crippen LogP contribution is -2.28. The number of thiol groups is 1. The predicted octanol–water partition coefficient (Wildman–Crippen LogP) is 4.03. The number of ether oxygens (including phenoxy) is 2. The molecule has 0 spiro atoms. The van der Waals surface area contributed by atoms with Gasteiger partial charge < -0.3 is 13.7 Å². The first-order valence-electron chi connectivity index (χ1n) is 8.51. The van der Waals surface area contributed by atoms with Crippen molar-refractivity contribution in [3.63, 3.8) is 0 Å². The van der Waals surface area contributed by atoms with Gasteiger partial charge in [0.1, 0.15) is 17.3 Å². The summed E-state index contributed by atoms with van der Waals surface area (Å²) in [6.07, 6.45) is 2.38. The first kappa shape index (κ1) is 22.6. The van der Waals surface area contributed by atoms with Gasteiger partial charge in [0.25, 0.3) is 0 Å². The van der Waals surface area contributed by atoms with E-state index in [4.69, 9.17) is 9.47 Å². The molecule has 2 aromatic carbocycles. The molecule has 1 fully saturated rings. The zero-order valence-electron chi connectivity index (χ0n) is 15.4. The fraction of sp³-hybridized carbons (Fsp3) is 0.444. The van der Waals surface area contributed by atoms with Gasteiger partial charge in [0, 0.05) is 17.9 Å². The molecule has 156 valence electrons. The Balaban J connectivity index is 0.000000485. The number of hydrogen-bond acceptors (Lipinski definition) is 5. The van der Waals surface area contributed by atoms with Crippen molar-refractivity contribution >= 4 is 32.7 Å². The second-order valence-electron chi connectivity index (χ2n) is 5.89. The van der Waals surface area contributed by atoms with Gasteiger partial charge in [-0.05, 0) is 43.7 Å². The molecule has 1 heterocycles. The van der Waals surface area contributed by atoms with Crippen LogP contribution >= 0.6 is 0 Å². The fourth-order valence-corrected chi connectivity index (χ4v) is 3.96. The predicted molar refractivity (Wildman–Crippen MR) is 104 cm³/mol. The Morgan fingerprint density at radius 1 is 1.00 bits per heavy atom. The first-order valence-corrected chi connectivity index (χ1v) is 11.2. The summed E-state index contributed by atoms with van der Waals surface area (Å²) in [6, 6.07) is 8.59. The summed E-state index contributed by atoms with van der Waals surface area (Å²) in [5.74, 6) is 2.84. The van der Waals surface area contributed by atoms with Gasteiger partial charge in [-0.15, -0.1) is 0 Å². The molecule has 1 unspecified atom stereocenters. The van der Waals surface area contributed by atoms with Crippen LogP contribution in [-0.4, -0.2) is 38.8 Å². The molecule has 5 nitrogen and oxygen atoms in total. The second kappa shape index (κ2) is 9.71. The highest BCUT2D eigenvalue weighted by molar-refractivity contribution is 7.88. The SMILES string of the molecule is C1CC[SH+]C1.COC(C)Oc1ccc(OS(=O)(=O)C(F)(F)F)c2ccccc12. The molecule has 1 saturated heterocycles. The quantitative estimate of drug-likeness (QED) is 0.231. The number of benzene rings is 2. The second-order valence-corrected chi connectivity index (χ2v) is 8.77. The summed E-state index contributed by atoms with van der Waals surface area (Å²) < 4.78 is 74.4. The van der Waals surface area contributed by atoms with Crippen molar-refractivity contribution in [3.05, 3.63) is 36.4 Å². The fourth-order valence-electron chi connectivity index (χ4n) is 2.37. The Morgan fingerprint density at radius 3 is 2.00 bits per heavy atom. The van der Waals surface area contributed by atoms with Gasteiger partial charge in [-0.25, -0.2) is 0 Å². The molecule has 0 bridgehead atoms. The number of fused-ring (bicyclic) bond motifs is 1. The van der Waals surface area contributed by atoms with Crippen LogP contribution in [0.25, 0.3) is 10.8 Å². The maximum Gasteiger partial charge on any atom is 0.534 e. The van der Waals surface area contributed by atoms with Crippen LogP contribution in [0.15, 0.2) is 36.4 Å². The highest BCUT2D eigenvalue weighted by Gasteiger charge is 2.48. The van der Waals surface area contributed by atoms with Crippen molar-refractivity contribution in [2.75, 3.05) is 18.6 Å². The number of halogens is 3. The van der Waals surface area contributed by atoms with Crippen molar-refractivity contribution in [1.29, 1.82) is 0 Å². The highest BCUT2D eigenvalue weighted by atomic mass is 32.2. The molecular weight excluding hydrogens is 417 g/mol. The molecule has 1 aliphatic rings. The van der Waals surface area contributed by atoms with Crippen molar-refractivity contribution in [3.8, 4) is 11.5 Å². The summed E-state index contributed by atoms with van der Waals surface area (Å²) in [7, 11) is -4.32. The Labute approximate surface area is 166 Å². The lowest BCUT2D eigenvalue weighted by atomic mass is 10.1. The molecule has 0 radical (unpaired) electrons. The third kappa shape index (κ3) is 5.92. The molecule has 0 saturated carbocycles. The monoisotopic (exact) mass is 439 g/mol. The molecule has 0 aromatic heterocycles. The van der Waals surface area contributed by atoms with E-state index in [1.807, 2.05) is 0 Å². The lowest BCUT2D eigenvalue weighted by molar-refractivity contribution is -0.0499. The average molecular weight is 439 g/mol. The zero-order valence-corrected chi connectivity index (χ0v) is 17.1. The van der Waals surface area contributed by atoms with Crippen molar-refractivity contribution < 1.29 is 35.2 Å². The van der Waals surface area contributed by atoms with E-state index < -0.39 is 27.7 Å². The molecule has 1 atom stereocenters. The third-order valence-electron chi connectivity index (χ3n) is 3.83. The molecule has 3 rings (SSSR count). The maximum absolute atomic E-state index is 12.5. The first-order chi connectivity index (χ1) is 13.2.